The summed E-state index contributed by atoms with van der Waals surface area (Å²) >= 11 is 0. The molecule has 2 fully saturated rings. The molecular formula is C22H25N7O4. The number of carbonyl (C=O) groups excluding carboxylic acids is 2. The van der Waals surface area contributed by atoms with Crippen LogP contribution in [0.3, 0.4) is 0 Å². The predicted octanol–water partition coefficient (Wildman–Crippen LogP) is 0.468. The molecule has 4 heterocycles. The fourth-order valence-corrected chi connectivity index (χ4v) is 4.41. The van der Waals surface area contributed by atoms with E-state index in [1.54, 1.807) is 45.0 Å². The molecule has 0 spiro atoms. The summed E-state index contributed by atoms with van der Waals surface area (Å²) in [5.74, 6) is 0.905. The van der Waals surface area contributed by atoms with Gasteiger partial charge in [0.25, 0.3) is 5.91 Å². The minimum Gasteiger partial charge on any atom is -0.492 e. The minimum atomic E-state index is -0.765. The van der Waals surface area contributed by atoms with Crippen LogP contribution < -0.4 is 10.5 Å². The zero-order chi connectivity index (χ0) is 22.9. The second kappa shape index (κ2) is 8.66. The van der Waals surface area contributed by atoms with E-state index in [0.29, 0.717) is 48.6 Å². The van der Waals surface area contributed by atoms with E-state index in [1.807, 2.05) is 0 Å². The zero-order valence-electron chi connectivity index (χ0n) is 18.0. The number of carbonyl (C=O) groups is 2. The lowest BCUT2D eigenvalue weighted by atomic mass is 10.2. The first-order valence-corrected chi connectivity index (χ1v) is 10.9. The van der Waals surface area contributed by atoms with Crippen molar-refractivity contribution in [1.29, 1.82) is 0 Å². The van der Waals surface area contributed by atoms with Crippen LogP contribution in [-0.4, -0.2) is 85.1 Å². The number of amides is 2. The van der Waals surface area contributed by atoms with Crippen LogP contribution >= 0.6 is 0 Å². The Bertz CT molecular complexity index is 1180. The van der Waals surface area contributed by atoms with E-state index < -0.39 is 6.10 Å². The summed E-state index contributed by atoms with van der Waals surface area (Å²) in [5, 5.41) is 10.6. The number of fused-ring (bicyclic) bond motifs is 1. The van der Waals surface area contributed by atoms with Crippen molar-refractivity contribution in [3.05, 3.63) is 42.5 Å². The van der Waals surface area contributed by atoms with Crippen molar-refractivity contribution in [3.8, 4) is 5.75 Å². The van der Waals surface area contributed by atoms with Crippen LogP contribution in [0.25, 0.3) is 11.2 Å². The van der Waals surface area contributed by atoms with Gasteiger partial charge in [-0.1, -0.05) is 0 Å². The van der Waals surface area contributed by atoms with Crippen LogP contribution in [0.1, 0.15) is 29.2 Å². The van der Waals surface area contributed by atoms with Crippen molar-refractivity contribution in [1.82, 2.24) is 29.3 Å². The van der Waals surface area contributed by atoms with E-state index in [2.05, 4.69) is 15.0 Å². The molecule has 0 radical (unpaired) electrons. The zero-order valence-corrected chi connectivity index (χ0v) is 18.0. The maximum atomic E-state index is 13.0. The van der Waals surface area contributed by atoms with Gasteiger partial charge in [-0.3, -0.25) is 9.59 Å². The second-order valence-corrected chi connectivity index (χ2v) is 8.28. The molecule has 0 bridgehead atoms. The first kappa shape index (κ1) is 21.1. The average molecular weight is 451 g/mol. The highest BCUT2D eigenvalue weighted by Gasteiger charge is 2.36. The number of aliphatic hydroxyl groups is 1. The molecule has 33 heavy (non-hydrogen) atoms. The summed E-state index contributed by atoms with van der Waals surface area (Å²) in [5.41, 5.74) is 7.36. The highest BCUT2D eigenvalue weighted by atomic mass is 16.5. The Morgan fingerprint density at radius 1 is 1.18 bits per heavy atom. The molecule has 2 saturated heterocycles. The molecule has 11 nitrogen and oxygen atoms in total. The van der Waals surface area contributed by atoms with Gasteiger partial charge in [0.2, 0.25) is 5.91 Å². The van der Waals surface area contributed by atoms with Crippen LogP contribution in [0.4, 0.5) is 5.82 Å². The number of likely N-dealkylation sites (tertiary alicyclic amines) is 2. The fourth-order valence-electron chi connectivity index (χ4n) is 4.41. The quantitative estimate of drug-likeness (QED) is 0.551. The minimum absolute atomic E-state index is 0.172. The van der Waals surface area contributed by atoms with Gasteiger partial charge in [-0.25, -0.2) is 15.0 Å². The van der Waals surface area contributed by atoms with E-state index in [4.69, 9.17) is 10.5 Å². The number of rotatable bonds is 6. The first-order chi connectivity index (χ1) is 16.0. The number of anilines is 1. The van der Waals surface area contributed by atoms with Gasteiger partial charge in [0.05, 0.1) is 25.0 Å². The summed E-state index contributed by atoms with van der Waals surface area (Å²) in [6.45, 7) is 2.27. The van der Waals surface area contributed by atoms with Gasteiger partial charge in [-0.05, 0) is 30.7 Å². The summed E-state index contributed by atoms with van der Waals surface area (Å²) in [7, 11) is 0. The number of aliphatic hydroxyl groups excluding tert-OH is 1. The summed E-state index contributed by atoms with van der Waals surface area (Å²) < 4.78 is 7.46. The largest absolute Gasteiger partial charge is 0.492 e. The SMILES string of the molecule is Nc1ncnc2c1ncn2[C@H]1CN(C(=O)c2ccc(OCCN3CCCC3=O)cc2)C[C@@H]1O. The number of nitrogens with two attached hydrogens (primary N) is 1. The van der Waals surface area contributed by atoms with Crippen LogP contribution in [0.15, 0.2) is 36.9 Å². The molecular weight excluding hydrogens is 426 g/mol. The summed E-state index contributed by atoms with van der Waals surface area (Å²) in [6.07, 6.45) is 3.67. The normalized spacial score (nSPS) is 20.7. The lowest BCUT2D eigenvalue weighted by Crippen LogP contribution is -2.30. The third kappa shape index (κ3) is 4.07. The highest BCUT2D eigenvalue weighted by molar-refractivity contribution is 5.94. The molecule has 172 valence electrons. The summed E-state index contributed by atoms with van der Waals surface area (Å²) in [6, 6.07) is 6.51. The van der Waals surface area contributed by atoms with Gasteiger partial charge < -0.3 is 29.9 Å². The maximum absolute atomic E-state index is 13.0. The number of nitrogens with zero attached hydrogens (tertiary/aromatic N) is 6. The van der Waals surface area contributed by atoms with Crippen LogP contribution in [0.5, 0.6) is 5.75 Å². The Balaban J connectivity index is 1.21. The first-order valence-electron chi connectivity index (χ1n) is 10.9. The monoisotopic (exact) mass is 451 g/mol. The number of nitrogen functional groups attached to an aromatic ring is 1. The Kier molecular flexibility index (Phi) is 5.55. The second-order valence-electron chi connectivity index (χ2n) is 8.28. The van der Waals surface area contributed by atoms with E-state index in [0.717, 1.165) is 13.0 Å². The number of ether oxygens (including phenoxy) is 1. The standard InChI is InChI=1S/C22H25N7O4/c23-20-19-21(25-12-24-20)29(13-26-19)16-10-28(11-17(16)30)22(32)14-3-5-15(6-4-14)33-9-8-27-7-1-2-18(27)31/h3-6,12-13,16-17,30H,1-2,7-11H2,(H2,23,24,25)/t16-,17-/m0/s1. The molecule has 3 aromatic rings. The molecule has 5 rings (SSSR count). The Hall–Kier alpha value is -3.73. The van der Waals surface area contributed by atoms with Gasteiger partial charge in [-0.2, -0.15) is 0 Å². The van der Waals surface area contributed by atoms with Crippen molar-refractivity contribution in [2.24, 2.45) is 0 Å². The number of β-amino-alcohol motifs (C(OH)–C–C–N with tert-alkyl or cyclic N) is 1. The Morgan fingerprint density at radius 3 is 2.76 bits per heavy atom. The number of hydrogen-bond donors (Lipinski definition) is 2. The molecule has 2 atom stereocenters. The molecule has 1 aromatic carbocycles. The van der Waals surface area contributed by atoms with E-state index >= 15 is 0 Å². The third-order valence-corrected chi connectivity index (χ3v) is 6.19. The van der Waals surface area contributed by atoms with E-state index in [-0.39, 0.29) is 30.2 Å². The molecule has 0 saturated carbocycles. The molecule has 0 aliphatic carbocycles. The lowest BCUT2D eigenvalue weighted by molar-refractivity contribution is -0.128. The number of hydrogen-bond acceptors (Lipinski definition) is 8. The molecule has 2 amide bonds. The average Bonchev–Trinajstić information content (AvgIpc) is 3.53. The number of aromatic nitrogens is 4. The summed E-state index contributed by atoms with van der Waals surface area (Å²) in [4.78, 5) is 40.5. The van der Waals surface area contributed by atoms with Gasteiger partial charge in [-0.15, -0.1) is 0 Å². The van der Waals surface area contributed by atoms with Crippen molar-refractivity contribution in [2.45, 2.75) is 25.0 Å². The molecule has 11 heteroatoms. The highest BCUT2D eigenvalue weighted by Crippen LogP contribution is 2.28. The fraction of sp³-hybridized carbons (Fsp3) is 0.409. The lowest BCUT2D eigenvalue weighted by Gasteiger charge is -2.18. The Labute approximate surface area is 189 Å². The van der Waals surface area contributed by atoms with Crippen molar-refractivity contribution >= 4 is 28.8 Å². The molecule has 0 unspecified atom stereocenters. The maximum Gasteiger partial charge on any atom is 0.254 e. The topological polar surface area (TPSA) is 140 Å². The van der Waals surface area contributed by atoms with Gasteiger partial charge >= 0.3 is 0 Å². The van der Waals surface area contributed by atoms with E-state index in [9.17, 15) is 14.7 Å². The molecule has 2 aliphatic heterocycles. The van der Waals surface area contributed by atoms with Crippen molar-refractivity contribution in [2.75, 3.05) is 38.5 Å². The molecule has 3 N–H and O–H groups in total. The van der Waals surface area contributed by atoms with Gasteiger partial charge in [0.15, 0.2) is 11.5 Å². The van der Waals surface area contributed by atoms with Gasteiger partial charge in [0, 0.05) is 31.6 Å². The van der Waals surface area contributed by atoms with Crippen LogP contribution in [0, 0.1) is 0 Å². The van der Waals surface area contributed by atoms with E-state index in [1.165, 1.54) is 6.33 Å². The van der Waals surface area contributed by atoms with Crippen LogP contribution in [-0.2, 0) is 4.79 Å². The Morgan fingerprint density at radius 2 is 2.00 bits per heavy atom. The molecule has 2 aliphatic rings. The number of imidazole rings is 1. The predicted molar refractivity (Wildman–Crippen MR) is 118 cm³/mol. The van der Waals surface area contributed by atoms with Gasteiger partial charge in [0.1, 0.15) is 24.2 Å². The molecule has 2 aromatic heterocycles. The van der Waals surface area contributed by atoms with Crippen LogP contribution in [0.2, 0.25) is 0 Å². The van der Waals surface area contributed by atoms with Crippen molar-refractivity contribution in [3.63, 3.8) is 0 Å². The number of benzene rings is 1. The van der Waals surface area contributed by atoms with Crippen molar-refractivity contribution < 1.29 is 19.4 Å². The third-order valence-electron chi connectivity index (χ3n) is 6.19. The smallest absolute Gasteiger partial charge is 0.254 e.